The molecule has 0 spiro atoms. The number of anilines is 1. The van der Waals surface area contributed by atoms with Crippen molar-refractivity contribution >= 4 is 11.9 Å². The quantitative estimate of drug-likeness (QED) is 0.847. The lowest BCUT2D eigenvalue weighted by Gasteiger charge is -2.38. The van der Waals surface area contributed by atoms with Crippen molar-refractivity contribution in [3.8, 4) is 0 Å². The van der Waals surface area contributed by atoms with Crippen molar-refractivity contribution < 1.29 is 14.6 Å². The number of aromatic nitrogens is 2. The molecule has 7 heteroatoms. The molecule has 0 radical (unpaired) electrons. The molecule has 0 bridgehead atoms. The Morgan fingerprint density at radius 3 is 2.75 bits per heavy atom. The van der Waals surface area contributed by atoms with E-state index in [0.29, 0.717) is 19.6 Å². The summed E-state index contributed by atoms with van der Waals surface area (Å²) in [6, 6.07) is 0. The Morgan fingerprint density at radius 2 is 2.08 bits per heavy atom. The van der Waals surface area contributed by atoms with Gasteiger partial charge in [0.05, 0.1) is 24.4 Å². The minimum absolute atomic E-state index is 0.336. The third kappa shape index (κ3) is 3.61. The fourth-order valence-electron chi connectivity index (χ4n) is 3.29. The number of fused-ring (bicyclic) bond motifs is 1. The van der Waals surface area contributed by atoms with Crippen LogP contribution in [-0.2, 0) is 17.8 Å². The highest BCUT2D eigenvalue weighted by Gasteiger charge is 2.35. The SMILES string of the molecule is CC(C)(C)OC(=O)N1Cc2ncnc(N3CCC[C@@](C)(O)C3)c2C1. The minimum atomic E-state index is -0.709. The molecule has 1 fully saturated rings. The van der Waals surface area contributed by atoms with Crippen LogP contribution in [0, 0.1) is 0 Å². The molecule has 0 aliphatic carbocycles. The van der Waals surface area contributed by atoms with Crippen LogP contribution in [0.5, 0.6) is 0 Å². The van der Waals surface area contributed by atoms with Gasteiger partial charge in [-0.05, 0) is 40.5 Å². The molecule has 1 atom stereocenters. The van der Waals surface area contributed by atoms with Crippen LogP contribution in [0.2, 0.25) is 0 Å². The third-order valence-electron chi connectivity index (χ3n) is 4.33. The predicted octanol–water partition coefficient (Wildman–Crippen LogP) is 2.08. The second kappa shape index (κ2) is 5.88. The number of hydrogen-bond acceptors (Lipinski definition) is 6. The Kier molecular flexibility index (Phi) is 4.15. The molecule has 1 N–H and O–H groups in total. The van der Waals surface area contributed by atoms with Crippen molar-refractivity contribution in [1.29, 1.82) is 0 Å². The number of nitrogens with zero attached hydrogens (tertiary/aromatic N) is 4. The fourth-order valence-corrected chi connectivity index (χ4v) is 3.29. The molecule has 2 aliphatic rings. The Labute approximate surface area is 142 Å². The van der Waals surface area contributed by atoms with Gasteiger partial charge >= 0.3 is 6.09 Å². The van der Waals surface area contributed by atoms with Crippen LogP contribution < -0.4 is 4.90 Å². The van der Waals surface area contributed by atoms with E-state index in [1.54, 1.807) is 4.90 Å². The molecule has 132 valence electrons. The maximum absolute atomic E-state index is 12.3. The molecule has 2 aliphatic heterocycles. The average Bonchev–Trinajstić information content (AvgIpc) is 2.88. The highest BCUT2D eigenvalue weighted by molar-refractivity contribution is 5.70. The van der Waals surface area contributed by atoms with E-state index < -0.39 is 11.2 Å². The van der Waals surface area contributed by atoms with Crippen LogP contribution in [0.25, 0.3) is 0 Å². The highest BCUT2D eigenvalue weighted by Crippen LogP contribution is 2.32. The Morgan fingerprint density at radius 1 is 1.33 bits per heavy atom. The van der Waals surface area contributed by atoms with Gasteiger partial charge in [0.25, 0.3) is 0 Å². The standard InChI is InChI=1S/C17H26N4O3/c1-16(2,3)24-15(22)21-8-12-13(9-21)18-11-19-14(12)20-7-5-6-17(4,23)10-20/h11,23H,5-10H2,1-4H3/t17-/m1/s1. The van der Waals surface area contributed by atoms with E-state index >= 15 is 0 Å². The summed E-state index contributed by atoms with van der Waals surface area (Å²) < 4.78 is 5.46. The molecular formula is C17H26N4O3. The van der Waals surface area contributed by atoms with Gasteiger partial charge in [-0.2, -0.15) is 0 Å². The van der Waals surface area contributed by atoms with Gasteiger partial charge in [-0.25, -0.2) is 14.8 Å². The first kappa shape index (κ1) is 17.0. The fraction of sp³-hybridized carbons (Fsp3) is 0.706. The van der Waals surface area contributed by atoms with Crippen molar-refractivity contribution in [2.24, 2.45) is 0 Å². The van der Waals surface area contributed by atoms with Gasteiger partial charge in [-0.15, -0.1) is 0 Å². The van der Waals surface area contributed by atoms with Crippen LogP contribution in [0.4, 0.5) is 10.6 Å². The molecule has 3 rings (SSSR count). The molecule has 7 nitrogen and oxygen atoms in total. The molecular weight excluding hydrogens is 308 g/mol. The van der Waals surface area contributed by atoms with Gasteiger partial charge < -0.3 is 14.7 Å². The lowest BCUT2D eigenvalue weighted by atomic mass is 9.95. The lowest BCUT2D eigenvalue weighted by Crippen LogP contribution is -2.46. The molecule has 0 saturated carbocycles. The molecule has 1 amide bonds. The van der Waals surface area contributed by atoms with Gasteiger partial charge in [0.2, 0.25) is 0 Å². The largest absolute Gasteiger partial charge is 0.444 e. The number of rotatable bonds is 1. The second-order valence-electron chi connectivity index (χ2n) is 7.98. The van der Waals surface area contributed by atoms with Crippen molar-refractivity contribution in [3.63, 3.8) is 0 Å². The van der Waals surface area contributed by atoms with Crippen LogP contribution in [0.3, 0.4) is 0 Å². The number of hydrogen-bond donors (Lipinski definition) is 1. The highest BCUT2D eigenvalue weighted by atomic mass is 16.6. The summed E-state index contributed by atoms with van der Waals surface area (Å²) in [5.74, 6) is 0.825. The van der Waals surface area contributed by atoms with Gasteiger partial charge in [0.1, 0.15) is 17.7 Å². The molecule has 3 heterocycles. The van der Waals surface area contributed by atoms with Crippen molar-refractivity contribution in [1.82, 2.24) is 14.9 Å². The molecule has 0 unspecified atom stereocenters. The van der Waals surface area contributed by atoms with Crippen LogP contribution >= 0.6 is 0 Å². The van der Waals surface area contributed by atoms with E-state index in [-0.39, 0.29) is 6.09 Å². The topological polar surface area (TPSA) is 78.8 Å². The van der Waals surface area contributed by atoms with E-state index in [9.17, 15) is 9.90 Å². The smallest absolute Gasteiger partial charge is 0.410 e. The molecule has 0 aromatic carbocycles. The zero-order chi connectivity index (χ0) is 17.5. The zero-order valence-electron chi connectivity index (χ0n) is 14.9. The number of amides is 1. The van der Waals surface area contributed by atoms with Gasteiger partial charge in [-0.1, -0.05) is 0 Å². The normalized spacial score (nSPS) is 24.0. The van der Waals surface area contributed by atoms with E-state index in [1.165, 1.54) is 6.33 Å². The summed E-state index contributed by atoms with van der Waals surface area (Å²) >= 11 is 0. The zero-order valence-corrected chi connectivity index (χ0v) is 14.9. The Hall–Kier alpha value is -1.89. The molecule has 24 heavy (non-hydrogen) atoms. The van der Waals surface area contributed by atoms with E-state index in [0.717, 1.165) is 36.5 Å². The summed E-state index contributed by atoms with van der Waals surface area (Å²) in [5.41, 5.74) is 0.586. The first-order valence-electron chi connectivity index (χ1n) is 8.43. The Balaban J connectivity index is 1.79. The Bertz CT molecular complexity index is 639. The number of piperidine rings is 1. The molecule has 1 aromatic heterocycles. The summed E-state index contributed by atoms with van der Waals surface area (Å²) in [7, 11) is 0. The number of carbonyl (C=O) groups excluding carboxylic acids is 1. The number of ether oxygens (including phenoxy) is 1. The first-order chi connectivity index (χ1) is 11.1. The molecule has 1 aromatic rings. The van der Waals surface area contributed by atoms with E-state index in [1.807, 2.05) is 27.7 Å². The van der Waals surface area contributed by atoms with Crippen LogP contribution in [-0.4, -0.2) is 50.4 Å². The van der Waals surface area contributed by atoms with Crippen LogP contribution in [0.1, 0.15) is 51.8 Å². The van der Waals surface area contributed by atoms with Crippen molar-refractivity contribution in [3.05, 3.63) is 17.6 Å². The van der Waals surface area contributed by atoms with E-state index in [2.05, 4.69) is 14.9 Å². The lowest BCUT2D eigenvalue weighted by molar-refractivity contribution is 0.0239. The van der Waals surface area contributed by atoms with Crippen molar-refractivity contribution in [2.45, 2.75) is 64.8 Å². The predicted molar refractivity (Wildman–Crippen MR) is 89.6 cm³/mol. The third-order valence-corrected chi connectivity index (χ3v) is 4.33. The summed E-state index contributed by atoms with van der Waals surface area (Å²) in [4.78, 5) is 24.8. The first-order valence-corrected chi connectivity index (χ1v) is 8.43. The van der Waals surface area contributed by atoms with Gasteiger partial charge in [0.15, 0.2) is 0 Å². The maximum Gasteiger partial charge on any atom is 0.410 e. The second-order valence-corrected chi connectivity index (χ2v) is 7.98. The summed E-state index contributed by atoms with van der Waals surface area (Å²) in [5, 5.41) is 10.4. The van der Waals surface area contributed by atoms with Gasteiger partial charge in [0, 0.05) is 18.7 Å². The van der Waals surface area contributed by atoms with Crippen molar-refractivity contribution in [2.75, 3.05) is 18.0 Å². The minimum Gasteiger partial charge on any atom is -0.444 e. The molecule has 1 saturated heterocycles. The maximum atomic E-state index is 12.3. The monoisotopic (exact) mass is 334 g/mol. The summed E-state index contributed by atoms with van der Waals surface area (Å²) in [6.07, 6.45) is 2.91. The van der Waals surface area contributed by atoms with E-state index in [4.69, 9.17) is 4.74 Å². The summed E-state index contributed by atoms with van der Waals surface area (Å²) in [6.45, 7) is 9.70. The number of β-amino-alcohol motifs (C(OH)–C–C–N with tert-alkyl or cyclic N) is 1. The average molecular weight is 334 g/mol. The van der Waals surface area contributed by atoms with Crippen LogP contribution in [0.15, 0.2) is 6.33 Å². The number of aliphatic hydroxyl groups is 1. The number of carbonyl (C=O) groups is 1. The van der Waals surface area contributed by atoms with Gasteiger partial charge in [-0.3, -0.25) is 4.90 Å².